The molecule has 0 spiro atoms. The number of aryl methyl sites for hydroxylation is 1. The molecule has 0 unspecified atom stereocenters. The molecule has 1 saturated heterocycles. The molecule has 1 aliphatic rings. The number of amides is 1. The minimum atomic E-state index is -0.213. The first-order valence-electron chi connectivity index (χ1n) is 9.23. The number of carbonyl (C=O) groups excluding carboxylic acids is 1. The molecule has 2 aromatic heterocycles. The molecule has 3 rings (SSSR count). The van der Waals surface area contributed by atoms with E-state index in [1.165, 1.54) is 16.2 Å². The summed E-state index contributed by atoms with van der Waals surface area (Å²) in [5, 5.41) is 3.27. The number of thioether (sulfide) groups is 1. The van der Waals surface area contributed by atoms with E-state index in [0.717, 1.165) is 5.56 Å². The fourth-order valence-electron chi connectivity index (χ4n) is 2.93. The third kappa shape index (κ3) is 3.84. The highest BCUT2D eigenvalue weighted by molar-refractivity contribution is 8.26. The van der Waals surface area contributed by atoms with Crippen molar-refractivity contribution in [3.05, 3.63) is 44.7 Å². The molecule has 0 saturated carbocycles. The number of nitrogens with one attached hydrogen (secondary N) is 1. The highest BCUT2D eigenvalue weighted by Gasteiger charge is 2.34. The van der Waals surface area contributed by atoms with Crippen LogP contribution in [-0.2, 0) is 4.79 Å². The summed E-state index contributed by atoms with van der Waals surface area (Å²) in [4.78, 5) is 32.7. The van der Waals surface area contributed by atoms with Gasteiger partial charge in [0.15, 0.2) is 0 Å². The van der Waals surface area contributed by atoms with Gasteiger partial charge in [-0.25, -0.2) is 4.98 Å². The van der Waals surface area contributed by atoms with E-state index in [2.05, 4.69) is 24.1 Å². The largest absolute Gasteiger partial charge is 0.369 e. The van der Waals surface area contributed by atoms with Crippen LogP contribution in [0.1, 0.15) is 38.8 Å². The number of hydrogen-bond donors (Lipinski definition) is 1. The molecular weight excluding hydrogens is 392 g/mol. The number of hydrogen-bond acceptors (Lipinski definition) is 6. The van der Waals surface area contributed by atoms with Crippen molar-refractivity contribution >= 4 is 51.7 Å². The Morgan fingerprint density at radius 3 is 2.61 bits per heavy atom. The lowest BCUT2D eigenvalue weighted by Gasteiger charge is -2.18. The lowest BCUT2D eigenvalue weighted by Crippen LogP contribution is -2.34. The van der Waals surface area contributed by atoms with Crippen LogP contribution in [0, 0.1) is 12.8 Å². The van der Waals surface area contributed by atoms with Gasteiger partial charge >= 0.3 is 0 Å². The summed E-state index contributed by atoms with van der Waals surface area (Å²) in [5.41, 5.74) is 1.67. The smallest absolute Gasteiger partial charge is 0.267 e. The molecule has 1 aliphatic heterocycles. The molecule has 1 amide bonds. The number of thiocarbonyl (C=S) groups is 1. The molecule has 0 aliphatic carbocycles. The Hall–Kier alpha value is -2.19. The molecule has 148 valence electrons. The van der Waals surface area contributed by atoms with Crippen molar-refractivity contribution < 1.29 is 4.79 Å². The van der Waals surface area contributed by atoms with Crippen LogP contribution >= 0.6 is 24.0 Å². The molecular formula is C20H24N4O2S2. The van der Waals surface area contributed by atoms with Gasteiger partial charge in [0.1, 0.15) is 15.8 Å². The highest BCUT2D eigenvalue weighted by Crippen LogP contribution is 2.34. The number of aromatic nitrogens is 2. The van der Waals surface area contributed by atoms with Crippen LogP contribution in [0.5, 0.6) is 0 Å². The van der Waals surface area contributed by atoms with Crippen molar-refractivity contribution in [3.8, 4) is 0 Å². The molecule has 1 fully saturated rings. The van der Waals surface area contributed by atoms with E-state index in [0.29, 0.717) is 38.7 Å². The van der Waals surface area contributed by atoms with Crippen LogP contribution in [-0.4, -0.2) is 37.1 Å². The second-order valence-electron chi connectivity index (χ2n) is 7.48. The first-order valence-corrected chi connectivity index (χ1v) is 10.5. The zero-order chi connectivity index (χ0) is 20.6. The Bertz CT molecular complexity index is 1040. The Kier molecular flexibility index (Phi) is 5.90. The normalized spacial score (nSPS) is 16.2. The number of nitrogens with zero attached hydrogens (tertiary/aromatic N) is 3. The first kappa shape index (κ1) is 20.5. The highest BCUT2D eigenvalue weighted by atomic mass is 32.2. The van der Waals surface area contributed by atoms with Gasteiger partial charge in [-0.15, -0.1) is 0 Å². The Morgan fingerprint density at radius 2 is 2.00 bits per heavy atom. The fraction of sp³-hybridized carbons (Fsp3) is 0.400. The number of carbonyl (C=O) groups is 1. The van der Waals surface area contributed by atoms with Crippen LogP contribution in [0.15, 0.2) is 28.0 Å². The lowest BCUT2D eigenvalue weighted by molar-refractivity contribution is -0.123. The van der Waals surface area contributed by atoms with Gasteiger partial charge in [0, 0.05) is 18.8 Å². The topological polar surface area (TPSA) is 66.7 Å². The average molecular weight is 417 g/mol. The fourth-order valence-corrected chi connectivity index (χ4v) is 4.44. The maximum atomic E-state index is 13.2. The minimum absolute atomic E-state index is 0.0320. The molecule has 2 aromatic rings. The monoisotopic (exact) mass is 416 g/mol. The number of rotatable bonds is 5. The third-order valence-electron chi connectivity index (χ3n) is 4.38. The maximum Gasteiger partial charge on any atom is 0.267 e. The summed E-state index contributed by atoms with van der Waals surface area (Å²) in [6, 6.07) is 3.70. The van der Waals surface area contributed by atoms with E-state index < -0.39 is 0 Å². The zero-order valence-electron chi connectivity index (χ0n) is 16.6. The van der Waals surface area contributed by atoms with Gasteiger partial charge in [0.25, 0.3) is 11.5 Å². The van der Waals surface area contributed by atoms with Gasteiger partial charge in [-0.05, 0) is 44.4 Å². The Morgan fingerprint density at radius 1 is 1.29 bits per heavy atom. The second-order valence-corrected chi connectivity index (χ2v) is 9.16. The molecule has 28 heavy (non-hydrogen) atoms. The SMILES string of the molecule is Cc1cccn2c(=O)c(C=C3SC(=S)N(C(C)C)C3=O)c(NCC(C)C)nc12. The van der Waals surface area contributed by atoms with E-state index in [4.69, 9.17) is 12.2 Å². The molecule has 1 N–H and O–H groups in total. The van der Waals surface area contributed by atoms with Gasteiger partial charge < -0.3 is 5.32 Å². The second kappa shape index (κ2) is 8.05. The predicted molar refractivity (Wildman–Crippen MR) is 120 cm³/mol. The summed E-state index contributed by atoms with van der Waals surface area (Å²) in [6.07, 6.45) is 3.31. The van der Waals surface area contributed by atoms with Crippen molar-refractivity contribution in [1.29, 1.82) is 0 Å². The van der Waals surface area contributed by atoms with E-state index in [1.807, 2.05) is 32.9 Å². The summed E-state index contributed by atoms with van der Waals surface area (Å²) < 4.78 is 2.03. The average Bonchev–Trinajstić information content (AvgIpc) is 2.90. The van der Waals surface area contributed by atoms with Crippen LogP contribution in [0.25, 0.3) is 11.7 Å². The number of anilines is 1. The zero-order valence-corrected chi connectivity index (χ0v) is 18.3. The summed E-state index contributed by atoms with van der Waals surface area (Å²) in [6.45, 7) is 10.6. The van der Waals surface area contributed by atoms with Crippen molar-refractivity contribution in [2.75, 3.05) is 11.9 Å². The molecule has 0 bridgehead atoms. The standard InChI is InChI=1S/C20H24N4O2S2/c1-11(2)10-21-16-14(9-15-19(26)24(12(3)4)20(27)28-15)18(25)23-8-6-7-13(5)17(23)22-16/h6-9,11-12,21H,10H2,1-5H3. The number of fused-ring (bicyclic) bond motifs is 1. The van der Waals surface area contributed by atoms with Crippen molar-refractivity contribution in [2.45, 2.75) is 40.7 Å². The molecule has 0 radical (unpaired) electrons. The van der Waals surface area contributed by atoms with Gasteiger partial charge in [0.05, 0.1) is 10.5 Å². The van der Waals surface area contributed by atoms with Crippen molar-refractivity contribution in [1.82, 2.24) is 14.3 Å². The Balaban J connectivity index is 2.17. The predicted octanol–water partition coefficient (Wildman–Crippen LogP) is 3.68. The lowest BCUT2D eigenvalue weighted by atomic mass is 10.2. The molecule has 8 heteroatoms. The van der Waals surface area contributed by atoms with Crippen LogP contribution in [0.2, 0.25) is 0 Å². The van der Waals surface area contributed by atoms with Crippen LogP contribution in [0.4, 0.5) is 5.82 Å². The molecule has 0 atom stereocenters. The summed E-state index contributed by atoms with van der Waals surface area (Å²) >= 11 is 6.57. The van der Waals surface area contributed by atoms with Crippen molar-refractivity contribution in [2.24, 2.45) is 5.92 Å². The van der Waals surface area contributed by atoms with Gasteiger partial charge in [0.2, 0.25) is 0 Å². The van der Waals surface area contributed by atoms with E-state index >= 15 is 0 Å². The van der Waals surface area contributed by atoms with Gasteiger partial charge in [-0.3, -0.25) is 18.9 Å². The van der Waals surface area contributed by atoms with Crippen LogP contribution in [0.3, 0.4) is 0 Å². The molecule has 0 aromatic carbocycles. The van der Waals surface area contributed by atoms with Crippen LogP contribution < -0.4 is 10.9 Å². The maximum absolute atomic E-state index is 13.2. The minimum Gasteiger partial charge on any atom is -0.369 e. The van der Waals surface area contributed by atoms with Crippen molar-refractivity contribution in [3.63, 3.8) is 0 Å². The first-order chi connectivity index (χ1) is 13.2. The van der Waals surface area contributed by atoms with Gasteiger partial charge in [-0.1, -0.05) is 43.9 Å². The third-order valence-corrected chi connectivity index (χ3v) is 5.71. The Labute approximate surface area is 174 Å². The molecule has 6 nitrogen and oxygen atoms in total. The van der Waals surface area contributed by atoms with E-state index in [9.17, 15) is 9.59 Å². The summed E-state index contributed by atoms with van der Waals surface area (Å²) in [7, 11) is 0. The summed E-state index contributed by atoms with van der Waals surface area (Å²) in [5.74, 6) is 0.695. The molecule has 3 heterocycles. The number of pyridine rings is 1. The van der Waals surface area contributed by atoms with E-state index in [1.54, 1.807) is 17.2 Å². The van der Waals surface area contributed by atoms with E-state index in [-0.39, 0.29) is 17.5 Å². The quantitative estimate of drug-likeness (QED) is 0.592. The van der Waals surface area contributed by atoms with Gasteiger partial charge in [-0.2, -0.15) is 0 Å².